The first-order valence-electron chi connectivity index (χ1n) is 8.46. The highest BCUT2D eigenvalue weighted by Crippen LogP contribution is 2.34. The number of benzene rings is 3. The molecule has 0 aromatic heterocycles. The number of anilines is 1. The molecule has 1 aliphatic heterocycles. The van der Waals surface area contributed by atoms with Crippen LogP contribution in [0.4, 0.5) is 5.69 Å². The molecule has 0 spiro atoms. The predicted molar refractivity (Wildman–Crippen MR) is 107 cm³/mol. The smallest absolute Gasteiger partial charge is 0.231 e. The normalized spacial score (nSPS) is 12.1. The number of hydrogen-bond acceptors (Lipinski definition) is 4. The van der Waals surface area contributed by atoms with Crippen molar-refractivity contribution in [3.8, 4) is 17.2 Å². The summed E-state index contributed by atoms with van der Waals surface area (Å²) in [5.41, 5.74) is 3.02. The summed E-state index contributed by atoms with van der Waals surface area (Å²) in [6.07, 6.45) is 0. The highest BCUT2D eigenvalue weighted by Gasteiger charge is 2.12. The number of hydrogen-bond donors (Lipinski definition) is 1. The Balaban J connectivity index is 1.32. The van der Waals surface area contributed by atoms with E-state index in [1.165, 1.54) is 0 Å². The van der Waals surface area contributed by atoms with Crippen molar-refractivity contribution in [1.82, 2.24) is 0 Å². The van der Waals surface area contributed by atoms with Gasteiger partial charge in [-0.1, -0.05) is 41.4 Å². The first kappa shape index (κ1) is 17.8. The molecular weight excluding hydrogens is 385 g/mol. The summed E-state index contributed by atoms with van der Waals surface area (Å²) in [5, 5.41) is 4.59. The van der Waals surface area contributed by atoms with Gasteiger partial charge in [0.15, 0.2) is 11.5 Å². The zero-order chi connectivity index (χ0) is 18.6. The van der Waals surface area contributed by atoms with Crippen molar-refractivity contribution in [2.24, 2.45) is 0 Å². The summed E-state index contributed by atoms with van der Waals surface area (Å²) in [6, 6.07) is 19.1. The fraction of sp³-hybridized carbons (Fsp3) is 0.143. The summed E-state index contributed by atoms with van der Waals surface area (Å²) in [4.78, 5) is 0. The Hall–Kier alpha value is -2.56. The molecule has 4 rings (SSSR count). The largest absolute Gasteiger partial charge is 0.489 e. The van der Waals surface area contributed by atoms with Crippen LogP contribution in [0, 0.1) is 0 Å². The maximum atomic E-state index is 6.17. The minimum atomic E-state index is 0.279. The lowest BCUT2D eigenvalue weighted by Gasteiger charge is -2.10. The van der Waals surface area contributed by atoms with Crippen LogP contribution in [0.25, 0.3) is 0 Å². The molecule has 0 atom stereocenters. The minimum Gasteiger partial charge on any atom is -0.489 e. The Morgan fingerprint density at radius 1 is 0.889 bits per heavy atom. The Kier molecular flexibility index (Phi) is 5.28. The molecule has 3 aromatic rings. The fourth-order valence-electron chi connectivity index (χ4n) is 2.71. The van der Waals surface area contributed by atoms with E-state index < -0.39 is 0 Å². The van der Waals surface area contributed by atoms with Gasteiger partial charge in [0.2, 0.25) is 6.79 Å². The number of halogens is 2. The van der Waals surface area contributed by atoms with Gasteiger partial charge in [0, 0.05) is 33.9 Å². The van der Waals surface area contributed by atoms with Crippen LogP contribution in [0.2, 0.25) is 10.0 Å². The van der Waals surface area contributed by atoms with Crippen LogP contribution in [0.1, 0.15) is 11.1 Å². The molecule has 138 valence electrons. The van der Waals surface area contributed by atoms with Gasteiger partial charge in [0.1, 0.15) is 12.4 Å². The lowest BCUT2D eigenvalue weighted by atomic mass is 10.2. The van der Waals surface area contributed by atoms with E-state index in [1.54, 1.807) is 12.1 Å². The molecule has 4 nitrogen and oxygen atoms in total. The molecule has 0 bridgehead atoms. The second kappa shape index (κ2) is 7.99. The summed E-state index contributed by atoms with van der Waals surface area (Å²) >= 11 is 12.1. The van der Waals surface area contributed by atoms with Crippen LogP contribution in [0.15, 0.2) is 60.7 Å². The molecule has 27 heavy (non-hydrogen) atoms. The quantitative estimate of drug-likeness (QED) is 0.556. The molecule has 0 radical (unpaired) electrons. The van der Waals surface area contributed by atoms with E-state index >= 15 is 0 Å². The summed E-state index contributed by atoms with van der Waals surface area (Å²) in [6.45, 7) is 1.37. The molecule has 0 fully saturated rings. The van der Waals surface area contributed by atoms with Gasteiger partial charge in [-0.15, -0.1) is 0 Å². The van der Waals surface area contributed by atoms with Gasteiger partial charge in [0.25, 0.3) is 0 Å². The summed E-state index contributed by atoms with van der Waals surface area (Å²) < 4.78 is 16.5. The number of nitrogens with one attached hydrogen (secondary N) is 1. The Morgan fingerprint density at radius 2 is 1.70 bits per heavy atom. The number of ether oxygens (including phenoxy) is 3. The van der Waals surface area contributed by atoms with Crippen molar-refractivity contribution in [2.45, 2.75) is 13.2 Å². The maximum absolute atomic E-state index is 6.17. The Bertz CT molecular complexity index is 945. The van der Waals surface area contributed by atoms with E-state index in [-0.39, 0.29) is 6.79 Å². The number of rotatable bonds is 6. The van der Waals surface area contributed by atoms with E-state index in [2.05, 4.69) is 5.32 Å². The van der Waals surface area contributed by atoms with E-state index in [0.29, 0.717) is 23.2 Å². The van der Waals surface area contributed by atoms with Crippen molar-refractivity contribution in [3.05, 3.63) is 81.8 Å². The average Bonchev–Trinajstić information content (AvgIpc) is 3.14. The first-order valence-corrected chi connectivity index (χ1v) is 9.22. The average molecular weight is 402 g/mol. The fourth-order valence-corrected chi connectivity index (χ4v) is 3.18. The third-order valence-electron chi connectivity index (χ3n) is 4.20. The monoisotopic (exact) mass is 401 g/mol. The molecular formula is C21H17Cl2NO3. The standard InChI is InChI=1S/C21H17Cl2NO3/c22-16-4-3-15(19(23)9-16)12-25-18-6-1-14(2-7-18)11-24-17-5-8-20-21(10-17)27-13-26-20/h1-10,24H,11-13H2. The first-order chi connectivity index (χ1) is 13.2. The summed E-state index contributed by atoms with van der Waals surface area (Å²) in [7, 11) is 0. The molecule has 6 heteroatoms. The molecule has 1 N–H and O–H groups in total. The van der Waals surface area contributed by atoms with E-state index in [9.17, 15) is 0 Å². The van der Waals surface area contributed by atoms with Crippen LogP contribution in [-0.4, -0.2) is 6.79 Å². The molecule has 0 amide bonds. The van der Waals surface area contributed by atoms with Gasteiger partial charge in [-0.3, -0.25) is 0 Å². The van der Waals surface area contributed by atoms with Crippen LogP contribution in [-0.2, 0) is 13.2 Å². The SMILES string of the molecule is Clc1ccc(COc2ccc(CNc3ccc4c(c3)OCO4)cc2)c(Cl)c1. The maximum Gasteiger partial charge on any atom is 0.231 e. The molecule has 0 aliphatic carbocycles. The van der Waals surface area contributed by atoms with Crippen molar-refractivity contribution in [3.63, 3.8) is 0 Å². The highest BCUT2D eigenvalue weighted by atomic mass is 35.5. The topological polar surface area (TPSA) is 39.7 Å². The van der Waals surface area contributed by atoms with E-state index in [1.807, 2.05) is 48.5 Å². The molecule has 0 saturated carbocycles. The van der Waals surface area contributed by atoms with Gasteiger partial charge >= 0.3 is 0 Å². The number of fused-ring (bicyclic) bond motifs is 1. The van der Waals surface area contributed by atoms with Crippen LogP contribution in [0.3, 0.4) is 0 Å². The lowest BCUT2D eigenvalue weighted by Crippen LogP contribution is -2.00. The van der Waals surface area contributed by atoms with Crippen LogP contribution in [0.5, 0.6) is 17.2 Å². The zero-order valence-corrected chi connectivity index (χ0v) is 15.9. The van der Waals surface area contributed by atoms with Gasteiger partial charge in [-0.05, 0) is 42.0 Å². The third-order valence-corrected chi connectivity index (χ3v) is 4.79. The van der Waals surface area contributed by atoms with Gasteiger partial charge in [0.05, 0.1) is 0 Å². The van der Waals surface area contributed by atoms with Gasteiger partial charge in [-0.2, -0.15) is 0 Å². The van der Waals surface area contributed by atoms with Gasteiger partial charge in [-0.25, -0.2) is 0 Å². The lowest BCUT2D eigenvalue weighted by molar-refractivity contribution is 0.174. The highest BCUT2D eigenvalue weighted by molar-refractivity contribution is 6.35. The predicted octanol–water partition coefficient (Wildman–Crippen LogP) is 5.91. The third kappa shape index (κ3) is 4.41. The molecule has 1 heterocycles. The summed E-state index contributed by atoms with van der Waals surface area (Å²) in [5.74, 6) is 2.33. The molecule has 0 saturated heterocycles. The Labute approximate surface area is 167 Å². The molecule has 3 aromatic carbocycles. The van der Waals surface area contributed by atoms with Crippen molar-refractivity contribution >= 4 is 28.9 Å². The molecule has 0 unspecified atom stereocenters. The van der Waals surface area contributed by atoms with Crippen LogP contribution >= 0.6 is 23.2 Å². The minimum absolute atomic E-state index is 0.279. The van der Waals surface area contributed by atoms with E-state index in [4.69, 9.17) is 37.4 Å². The second-order valence-corrected chi connectivity index (χ2v) is 6.93. The zero-order valence-electron chi connectivity index (χ0n) is 14.4. The Morgan fingerprint density at radius 3 is 2.52 bits per heavy atom. The van der Waals surface area contributed by atoms with Crippen molar-refractivity contribution in [2.75, 3.05) is 12.1 Å². The van der Waals surface area contributed by atoms with Crippen molar-refractivity contribution < 1.29 is 14.2 Å². The van der Waals surface area contributed by atoms with Crippen LogP contribution < -0.4 is 19.5 Å². The van der Waals surface area contributed by atoms with Gasteiger partial charge < -0.3 is 19.5 Å². The van der Waals surface area contributed by atoms with E-state index in [0.717, 1.165) is 34.1 Å². The second-order valence-electron chi connectivity index (χ2n) is 6.09. The van der Waals surface area contributed by atoms with Crippen molar-refractivity contribution in [1.29, 1.82) is 0 Å². The molecule has 1 aliphatic rings.